The Labute approximate surface area is 181 Å². The van der Waals surface area contributed by atoms with Gasteiger partial charge >= 0.3 is 0 Å². The van der Waals surface area contributed by atoms with Crippen LogP contribution in [0.1, 0.15) is 24.1 Å². The zero-order valence-corrected chi connectivity index (χ0v) is 17.4. The van der Waals surface area contributed by atoms with Crippen LogP contribution in [0.15, 0.2) is 78.9 Å². The van der Waals surface area contributed by atoms with E-state index in [1.165, 1.54) is 17.0 Å². The van der Waals surface area contributed by atoms with E-state index in [0.29, 0.717) is 23.7 Å². The zero-order valence-electron chi connectivity index (χ0n) is 17.4. The van der Waals surface area contributed by atoms with Gasteiger partial charge in [0.2, 0.25) is 0 Å². The Morgan fingerprint density at radius 2 is 1.61 bits per heavy atom. The van der Waals surface area contributed by atoms with E-state index in [9.17, 15) is 14.9 Å². The number of carbonyl (C=O) groups is 1. The fraction of sp³-hybridized carbons (Fsp3) is 0.208. The number of amides is 1. The summed E-state index contributed by atoms with van der Waals surface area (Å²) >= 11 is 0. The highest BCUT2D eigenvalue weighted by atomic mass is 16.6. The molecule has 0 saturated carbocycles. The molecule has 0 aliphatic heterocycles. The van der Waals surface area contributed by atoms with Gasteiger partial charge in [0, 0.05) is 19.2 Å². The summed E-state index contributed by atoms with van der Waals surface area (Å²) in [6.07, 6.45) is 0. The van der Waals surface area contributed by atoms with Crippen molar-refractivity contribution in [2.24, 2.45) is 0 Å². The quantitative estimate of drug-likeness (QED) is 0.368. The Morgan fingerprint density at radius 1 is 0.968 bits per heavy atom. The van der Waals surface area contributed by atoms with Crippen molar-refractivity contribution in [1.82, 2.24) is 4.90 Å². The number of hydrogen-bond donors (Lipinski definition) is 0. The first-order chi connectivity index (χ1) is 14.9. The molecular weight excluding hydrogens is 396 g/mol. The van der Waals surface area contributed by atoms with E-state index in [2.05, 4.69) is 0 Å². The molecule has 3 aromatic carbocycles. The number of nitro groups is 1. The minimum Gasteiger partial charge on any atom is -0.489 e. The van der Waals surface area contributed by atoms with Crippen LogP contribution < -0.4 is 9.47 Å². The fourth-order valence-corrected chi connectivity index (χ4v) is 2.96. The molecular formula is C24H24N2O5. The molecule has 0 N–H and O–H groups in total. The third-order valence-electron chi connectivity index (χ3n) is 4.97. The highest BCUT2D eigenvalue weighted by Crippen LogP contribution is 2.23. The number of rotatable bonds is 9. The predicted molar refractivity (Wildman–Crippen MR) is 117 cm³/mol. The van der Waals surface area contributed by atoms with Crippen LogP contribution in [-0.4, -0.2) is 29.4 Å². The second kappa shape index (κ2) is 10.2. The van der Waals surface area contributed by atoms with E-state index >= 15 is 0 Å². The lowest BCUT2D eigenvalue weighted by atomic mass is 10.1. The molecule has 0 bridgehead atoms. The number of non-ortho nitro benzene ring substituents is 1. The van der Waals surface area contributed by atoms with Crippen molar-refractivity contribution < 1.29 is 19.2 Å². The number of likely N-dealkylation sites (N-methyl/N-ethyl adjacent to an activating group) is 1. The summed E-state index contributed by atoms with van der Waals surface area (Å²) in [6.45, 7) is 2.15. The van der Waals surface area contributed by atoms with Crippen LogP contribution in [0.3, 0.4) is 0 Å². The number of carbonyl (C=O) groups excluding carboxylic acids is 1. The van der Waals surface area contributed by atoms with Crippen LogP contribution in [0, 0.1) is 10.1 Å². The van der Waals surface area contributed by atoms with Gasteiger partial charge in [-0.1, -0.05) is 42.5 Å². The number of benzene rings is 3. The fourth-order valence-electron chi connectivity index (χ4n) is 2.96. The summed E-state index contributed by atoms with van der Waals surface area (Å²) in [7, 11) is 1.65. The summed E-state index contributed by atoms with van der Waals surface area (Å²) in [4.78, 5) is 24.6. The molecule has 1 atom stereocenters. The molecule has 0 saturated heterocycles. The highest BCUT2D eigenvalue weighted by Gasteiger charge is 2.19. The molecule has 3 rings (SSSR count). The van der Waals surface area contributed by atoms with Crippen LogP contribution >= 0.6 is 0 Å². The van der Waals surface area contributed by atoms with Gasteiger partial charge in [0.25, 0.3) is 11.6 Å². The molecule has 0 spiro atoms. The Hall–Kier alpha value is -3.87. The van der Waals surface area contributed by atoms with Gasteiger partial charge in [-0.15, -0.1) is 0 Å². The van der Waals surface area contributed by atoms with Crippen LogP contribution in [0.25, 0.3) is 0 Å². The van der Waals surface area contributed by atoms with E-state index in [0.717, 1.165) is 5.56 Å². The molecule has 0 aliphatic carbocycles. The summed E-state index contributed by atoms with van der Waals surface area (Å²) in [6, 6.07) is 22.9. The van der Waals surface area contributed by atoms with Gasteiger partial charge in [-0.2, -0.15) is 0 Å². The van der Waals surface area contributed by atoms with Crippen molar-refractivity contribution in [2.45, 2.75) is 19.6 Å². The summed E-state index contributed by atoms with van der Waals surface area (Å²) < 4.78 is 11.3. The largest absolute Gasteiger partial charge is 0.489 e. The first-order valence-electron chi connectivity index (χ1n) is 9.83. The molecule has 7 heteroatoms. The van der Waals surface area contributed by atoms with Crippen molar-refractivity contribution in [3.63, 3.8) is 0 Å². The Morgan fingerprint density at radius 3 is 2.26 bits per heavy atom. The highest BCUT2D eigenvalue weighted by molar-refractivity contribution is 5.78. The van der Waals surface area contributed by atoms with Gasteiger partial charge in [0.1, 0.15) is 18.1 Å². The smallest absolute Gasteiger partial charge is 0.269 e. The number of nitrogens with zero attached hydrogens (tertiary/aromatic N) is 2. The van der Waals surface area contributed by atoms with E-state index in [4.69, 9.17) is 9.47 Å². The van der Waals surface area contributed by atoms with Gasteiger partial charge in [-0.05, 0) is 42.3 Å². The van der Waals surface area contributed by atoms with Crippen LogP contribution in [-0.2, 0) is 11.4 Å². The number of nitro benzene ring substituents is 1. The Balaban J connectivity index is 1.51. The molecule has 3 aromatic rings. The molecule has 0 radical (unpaired) electrons. The van der Waals surface area contributed by atoms with Crippen LogP contribution in [0.5, 0.6) is 11.5 Å². The molecule has 31 heavy (non-hydrogen) atoms. The van der Waals surface area contributed by atoms with Crippen molar-refractivity contribution in [3.8, 4) is 11.5 Å². The average Bonchev–Trinajstić information content (AvgIpc) is 2.81. The van der Waals surface area contributed by atoms with Gasteiger partial charge < -0.3 is 14.4 Å². The van der Waals surface area contributed by atoms with Gasteiger partial charge in [-0.25, -0.2) is 0 Å². The second-order valence-corrected chi connectivity index (χ2v) is 7.07. The topological polar surface area (TPSA) is 81.9 Å². The molecule has 0 unspecified atom stereocenters. The average molecular weight is 420 g/mol. The van der Waals surface area contributed by atoms with E-state index in [1.807, 2.05) is 37.3 Å². The lowest BCUT2D eigenvalue weighted by Gasteiger charge is -2.25. The summed E-state index contributed by atoms with van der Waals surface area (Å²) in [5.41, 5.74) is 1.76. The van der Waals surface area contributed by atoms with Crippen LogP contribution in [0.4, 0.5) is 5.69 Å². The minimum absolute atomic E-state index is 0.00368. The maximum atomic E-state index is 12.5. The molecule has 7 nitrogen and oxygen atoms in total. The van der Waals surface area contributed by atoms with Crippen molar-refractivity contribution >= 4 is 11.6 Å². The summed E-state index contributed by atoms with van der Waals surface area (Å²) in [5, 5.41) is 11.0. The Kier molecular flexibility index (Phi) is 7.22. The second-order valence-electron chi connectivity index (χ2n) is 7.07. The number of hydrogen-bond acceptors (Lipinski definition) is 5. The van der Waals surface area contributed by atoms with Crippen molar-refractivity contribution in [2.75, 3.05) is 13.7 Å². The molecule has 160 valence electrons. The first-order valence-corrected chi connectivity index (χ1v) is 9.83. The molecule has 0 fully saturated rings. The SMILES string of the molecule is C[C@H](c1cccc([N+](=O)[O-])c1)N(C)C(=O)COc1ccc(OCc2ccccc2)cc1. The number of ether oxygens (including phenoxy) is 2. The lowest BCUT2D eigenvalue weighted by Crippen LogP contribution is -2.33. The molecule has 0 heterocycles. The van der Waals surface area contributed by atoms with Crippen LogP contribution in [0.2, 0.25) is 0 Å². The summed E-state index contributed by atoms with van der Waals surface area (Å²) in [5.74, 6) is 1.03. The minimum atomic E-state index is -0.450. The maximum absolute atomic E-state index is 12.5. The maximum Gasteiger partial charge on any atom is 0.269 e. The molecule has 0 aliphatic rings. The van der Waals surface area contributed by atoms with Gasteiger partial charge in [0.05, 0.1) is 11.0 Å². The third-order valence-corrected chi connectivity index (χ3v) is 4.97. The molecule has 0 aromatic heterocycles. The normalized spacial score (nSPS) is 11.4. The lowest BCUT2D eigenvalue weighted by molar-refractivity contribution is -0.384. The predicted octanol–water partition coefficient (Wildman–Crippen LogP) is 4.77. The van der Waals surface area contributed by atoms with Crippen molar-refractivity contribution in [1.29, 1.82) is 0 Å². The zero-order chi connectivity index (χ0) is 22.2. The monoisotopic (exact) mass is 420 g/mol. The first kappa shape index (κ1) is 21.8. The third kappa shape index (κ3) is 6.05. The Bertz CT molecular complexity index is 1020. The van der Waals surface area contributed by atoms with Gasteiger partial charge in [0.15, 0.2) is 6.61 Å². The van der Waals surface area contributed by atoms with E-state index in [-0.39, 0.29) is 24.2 Å². The van der Waals surface area contributed by atoms with E-state index < -0.39 is 4.92 Å². The van der Waals surface area contributed by atoms with Crippen molar-refractivity contribution in [3.05, 3.63) is 100 Å². The molecule has 1 amide bonds. The van der Waals surface area contributed by atoms with E-state index in [1.54, 1.807) is 43.4 Å². The van der Waals surface area contributed by atoms with Gasteiger partial charge in [-0.3, -0.25) is 14.9 Å². The standard InChI is InChI=1S/C24H24N2O5/c1-18(20-9-6-10-21(15-20)26(28)29)25(2)24(27)17-31-23-13-11-22(12-14-23)30-16-19-7-4-3-5-8-19/h3-15,18H,16-17H2,1-2H3/t18-/m1/s1.